The van der Waals surface area contributed by atoms with Crippen LogP contribution in [0, 0.1) is 0 Å². The maximum atomic E-state index is 11.0. The van der Waals surface area contributed by atoms with E-state index in [0.717, 1.165) is 16.9 Å². The second kappa shape index (κ2) is 9.26. The first kappa shape index (κ1) is 22.2. The number of carboxylic acids is 1. The van der Waals surface area contributed by atoms with Crippen LogP contribution in [-0.4, -0.2) is 34.1 Å². The Kier molecular flexibility index (Phi) is 6.24. The quantitative estimate of drug-likeness (QED) is 0.396. The van der Waals surface area contributed by atoms with Crippen molar-refractivity contribution >= 4 is 28.5 Å². The molecule has 0 fully saturated rings. The summed E-state index contributed by atoms with van der Waals surface area (Å²) in [6.07, 6.45) is 0.263. The molecule has 4 rings (SSSR count). The third kappa shape index (κ3) is 4.94. The van der Waals surface area contributed by atoms with Gasteiger partial charge in [0.25, 0.3) is 0 Å². The maximum Gasteiger partial charge on any atom is 0.320 e. The zero-order valence-corrected chi connectivity index (χ0v) is 18.6. The van der Waals surface area contributed by atoms with Crippen LogP contribution in [-0.2, 0) is 11.2 Å². The van der Waals surface area contributed by atoms with E-state index in [-0.39, 0.29) is 18.4 Å². The summed E-state index contributed by atoms with van der Waals surface area (Å²) < 4.78 is 0. The van der Waals surface area contributed by atoms with Crippen LogP contribution in [0.2, 0.25) is 0 Å². The van der Waals surface area contributed by atoms with E-state index in [1.165, 1.54) is 16.3 Å². The number of aromatic nitrogens is 2. The summed E-state index contributed by atoms with van der Waals surface area (Å²) >= 11 is 0. The second-order valence-corrected chi connectivity index (χ2v) is 8.21. The molecule has 168 valence electrons. The molecule has 1 aromatic heterocycles. The van der Waals surface area contributed by atoms with Gasteiger partial charge in [0.15, 0.2) is 0 Å². The number of benzene rings is 3. The standard InChI is InChI=1S/C26H27N5O2/c1-16(20-12-11-18-5-3-4-6-21(18)14-20)31(2)24-15-23(29-26(28)30-24)19-9-7-17(8-10-19)13-22(27)25(32)33/h3-12,14-16,22H,13,27H2,1-2H3,(H,32,33)(H2,28,29,30). The second-order valence-electron chi connectivity index (χ2n) is 8.21. The number of carbonyl (C=O) groups is 1. The van der Waals surface area contributed by atoms with Gasteiger partial charge < -0.3 is 21.5 Å². The Morgan fingerprint density at radius 2 is 1.70 bits per heavy atom. The number of nitrogens with two attached hydrogens (primary N) is 2. The van der Waals surface area contributed by atoms with E-state index in [4.69, 9.17) is 16.6 Å². The highest BCUT2D eigenvalue weighted by molar-refractivity contribution is 5.83. The van der Waals surface area contributed by atoms with Gasteiger partial charge in [0.1, 0.15) is 11.9 Å². The predicted octanol–water partition coefficient (Wildman–Crippen LogP) is 4.03. The number of hydrogen-bond donors (Lipinski definition) is 3. The number of hydrogen-bond acceptors (Lipinski definition) is 6. The Balaban J connectivity index is 1.58. The van der Waals surface area contributed by atoms with Gasteiger partial charge in [-0.2, -0.15) is 4.98 Å². The van der Waals surface area contributed by atoms with Gasteiger partial charge in [-0.15, -0.1) is 0 Å². The average molecular weight is 442 g/mol. The van der Waals surface area contributed by atoms with Gasteiger partial charge in [-0.05, 0) is 41.3 Å². The van der Waals surface area contributed by atoms with Crippen molar-refractivity contribution in [2.24, 2.45) is 5.73 Å². The van der Waals surface area contributed by atoms with Gasteiger partial charge in [0, 0.05) is 18.7 Å². The fourth-order valence-corrected chi connectivity index (χ4v) is 3.82. The van der Waals surface area contributed by atoms with Crippen molar-refractivity contribution in [2.75, 3.05) is 17.7 Å². The first-order chi connectivity index (χ1) is 15.8. The Morgan fingerprint density at radius 1 is 1.00 bits per heavy atom. The molecule has 3 aromatic carbocycles. The molecule has 4 aromatic rings. The molecule has 7 heteroatoms. The number of aliphatic carboxylic acids is 1. The van der Waals surface area contributed by atoms with E-state index in [0.29, 0.717) is 5.69 Å². The molecule has 2 unspecified atom stereocenters. The van der Waals surface area contributed by atoms with Crippen LogP contribution in [0.5, 0.6) is 0 Å². The highest BCUT2D eigenvalue weighted by atomic mass is 16.4. The van der Waals surface area contributed by atoms with E-state index in [1.807, 2.05) is 49.5 Å². The molecule has 0 aliphatic rings. The topological polar surface area (TPSA) is 118 Å². The number of anilines is 2. The van der Waals surface area contributed by atoms with Crippen molar-refractivity contribution in [1.29, 1.82) is 0 Å². The fraction of sp³-hybridized carbons (Fsp3) is 0.192. The summed E-state index contributed by atoms with van der Waals surface area (Å²) in [5.74, 6) is -0.108. The number of nitrogens with zero attached hydrogens (tertiary/aromatic N) is 3. The molecule has 1 heterocycles. The van der Waals surface area contributed by atoms with Crippen molar-refractivity contribution < 1.29 is 9.90 Å². The Hall–Kier alpha value is -3.97. The lowest BCUT2D eigenvalue weighted by Crippen LogP contribution is -2.32. The van der Waals surface area contributed by atoms with Crippen LogP contribution >= 0.6 is 0 Å². The minimum atomic E-state index is -1.02. The molecule has 0 radical (unpaired) electrons. The van der Waals surface area contributed by atoms with Crippen LogP contribution < -0.4 is 16.4 Å². The third-order valence-electron chi connectivity index (χ3n) is 5.95. The molecule has 0 saturated carbocycles. The van der Waals surface area contributed by atoms with Crippen molar-refractivity contribution in [1.82, 2.24) is 9.97 Å². The lowest BCUT2D eigenvalue weighted by molar-refractivity contribution is -0.138. The van der Waals surface area contributed by atoms with Crippen LogP contribution in [0.25, 0.3) is 22.0 Å². The Labute approximate surface area is 192 Å². The number of nitrogen functional groups attached to an aromatic ring is 1. The summed E-state index contributed by atoms with van der Waals surface area (Å²) in [6.45, 7) is 2.13. The largest absolute Gasteiger partial charge is 0.480 e. The molecule has 33 heavy (non-hydrogen) atoms. The minimum absolute atomic E-state index is 0.0663. The molecule has 0 aliphatic carbocycles. The Bertz CT molecular complexity index is 1290. The van der Waals surface area contributed by atoms with E-state index >= 15 is 0 Å². The van der Waals surface area contributed by atoms with Gasteiger partial charge in [0.2, 0.25) is 5.95 Å². The first-order valence-electron chi connectivity index (χ1n) is 10.8. The minimum Gasteiger partial charge on any atom is -0.480 e. The van der Waals surface area contributed by atoms with Gasteiger partial charge in [-0.3, -0.25) is 4.79 Å². The van der Waals surface area contributed by atoms with E-state index in [9.17, 15) is 4.79 Å². The van der Waals surface area contributed by atoms with Gasteiger partial charge in [-0.25, -0.2) is 4.98 Å². The molecule has 0 spiro atoms. The van der Waals surface area contributed by atoms with Crippen LogP contribution in [0.4, 0.5) is 11.8 Å². The van der Waals surface area contributed by atoms with E-state index in [1.54, 1.807) is 0 Å². The van der Waals surface area contributed by atoms with Crippen LogP contribution in [0.15, 0.2) is 72.8 Å². The molecule has 0 aliphatic heterocycles. The maximum absolute atomic E-state index is 11.0. The lowest BCUT2D eigenvalue weighted by Gasteiger charge is -2.27. The Morgan fingerprint density at radius 3 is 2.39 bits per heavy atom. The SMILES string of the molecule is CC(c1ccc2ccccc2c1)N(C)c1cc(-c2ccc(CC(N)C(=O)O)cc2)nc(N)n1. The van der Waals surface area contributed by atoms with Crippen molar-refractivity contribution in [3.05, 3.63) is 83.9 Å². The summed E-state index contributed by atoms with van der Waals surface area (Å²) in [5.41, 5.74) is 15.3. The molecule has 2 atom stereocenters. The van der Waals surface area contributed by atoms with E-state index < -0.39 is 12.0 Å². The van der Waals surface area contributed by atoms with Gasteiger partial charge in [0.05, 0.1) is 11.7 Å². The molecule has 5 N–H and O–H groups in total. The lowest BCUT2D eigenvalue weighted by atomic mass is 10.0. The van der Waals surface area contributed by atoms with Crippen molar-refractivity contribution in [3.8, 4) is 11.3 Å². The fourth-order valence-electron chi connectivity index (χ4n) is 3.82. The smallest absolute Gasteiger partial charge is 0.320 e. The third-order valence-corrected chi connectivity index (χ3v) is 5.95. The molecule has 0 saturated heterocycles. The predicted molar refractivity (Wildman–Crippen MR) is 132 cm³/mol. The highest BCUT2D eigenvalue weighted by Crippen LogP contribution is 2.29. The van der Waals surface area contributed by atoms with Crippen molar-refractivity contribution in [2.45, 2.75) is 25.4 Å². The van der Waals surface area contributed by atoms with Crippen LogP contribution in [0.1, 0.15) is 24.1 Å². The van der Waals surface area contributed by atoms with Crippen molar-refractivity contribution in [3.63, 3.8) is 0 Å². The molecule has 0 bridgehead atoms. The summed E-state index contributed by atoms with van der Waals surface area (Å²) in [5, 5.41) is 11.4. The zero-order valence-electron chi connectivity index (χ0n) is 18.6. The molecule has 0 amide bonds. The summed E-state index contributed by atoms with van der Waals surface area (Å²) in [4.78, 5) is 21.9. The monoisotopic (exact) mass is 441 g/mol. The number of carboxylic acid groups (broad SMARTS) is 1. The molecule has 7 nitrogen and oxygen atoms in total. The molecular weight excluding hydrogens is 414 g/mol. The first-order valence-corrected chi connectivity index (χ1v) is 10.8. The normalized spacial score (nSPS) is 12.9. The van der Waals surface area contributed by atoms with Gasteiger partial charge >= 0.3 is 5.97 Å². The number of rotatable bonds is 7. The summed E-state index contributed by atoms with van der Waals surface area (Å²) in [7, 11) is 1.99. The highest BCUT2D eigenvalue weighted by Gasteiger charge is 2.17. The van der Waals surface area contributed by atoms with E-state index in [2.05, 4.69) is 52.1 Å². The summed E-state index contributed by atoms with van der Waals surface area (Å²) in [6, 6.07) is 23.3. The van der Waals surface area contributed by atoms with Crippen LogP contribution in [0.3, 0.4) is 0 Å². The zero-order chi connectivity index (χ0) is 23.5. The molecular formula is C26H27N5O2. The van der Waals surface area contributed by atoms with Gasteiger partial charge in [-0.1, -0.05) is 60.7 Å². The average Bonchev–Trinajstić information content (AvgIpc) is 2.82. The number of fused-ring (bicyclic) bond motifs is 1.